The highest BCUT2D eigenvalue weighted by atomic mass is 79.9. The summed E-state index contributed by atoms with van der Waals surface area (Å²) in [5, 5.41) is 4.05. The first-order valence-electron chi connectivity index (χ1n) is 6.86. The molecule has 1 saturated heterocycles. The number of aryl methyl sites for hydroxylation is 1. The van der Waals surface area contributed by atoms with Crippen LogP contribution in [0.25, 0.3) is 0 Å². The molecule has 0 radical (unpaired) electrons. The molecule has 0 atom stereocenters. The molecule has 2 aromatic heterocycles. The fourth-order valence-electron chi connectivity index (χ4n) is 2.44. The maximum atomic E-state index is 12.2. The van der Waals surface area contributed by atoms with E-state index in [1.165, 1.54) is 17.2 Å². The van der Waals surface area contributed by atoms with Crippen LogP contribution in [-0.4, -0.2) is 46.8 Å². The molecule has 1 aliphatic heterocycles. The average Bonchev–Trinajstić information content (AvgIpc) is 3.07. The SMILES string of the molecule is Cn1ncc(N2CCN(C(=O)c3ccoc3)CC2)c(Br)c1=O. The van der Waals surface area contributed by atoms with Gasteiger partial charge >= 0.3 is 0 Å². The van der Waals surface area contributed by atoms with E-state index in [4.69, 9.17) is 4.42 Å². The lowest BCUT2D eigenvalue weighted by Crippen LogP contribution is -2.49. The molecule has 0 aromatic carbocycles. The maximum Gasteiger partial charge on any atom is 0.282 e. The van der Waals surface area contributed by atoms with Crippen molar-refractivity contribution in [3.05, 3.63) is 45.2 Å². The van der Waals surface area contributed by atoms with Crippen LogP contribution in [0.5, 0.6) is 0 Å². The van der Waals surface area contributed by atoms with Crippen molar-refractivity contribution in [1.29, 1.82) is 0 Å². The first-order valence-corrected chi connectivity index (χ1v) is 7.65. The molecule has 0 bridgehead atoms. The van der Waals surface area contributed by atoms with Gasteiger partial charge in [0.2, 0.25) is 0 Å². The molecular weight excluding hydrogens is 352 g/mol. The Morgan fingerprint density at radius 2 is 2.05 bits per heavy atom. The van der Waals surface area contributed by atoms with Gasteiger partial charge in [-0.1, -0.05) is 0 Å². The molecule has 0 saturated carbocycles. The monoisotopic (exact) mass is 366 g/mol. The molecule has 2 aromatic rings. The smallest absolute Gasteiger partial charge is 0.282 e. The lowest BCUT2D eigenvalue weighted by atomic mass is 10.2. The highest BCUT2D eigenvalue weighted by Crippen LogP contribution is 2.23. The largest absolute Gasteiger partial charge is 0.472 e. The van der Waals surface area contributed by atoms with Crippen molar-refractivity contribution in [3.63, 3.8) is 0 Å². The van der Waals surface area contributed by atoms with Crippen LogP contribution < -0.4 is 10.5 Å². The summed E-state index contributed by atoms with van der Waals surface area (Å²) in [6.07, 6.45) is 4.61. The second-order valence-electron chi connectivity index (χ2n) is 5.06. The van der Waals surface area contributed by atoms with Crippen molar-refractivity contribution in [2.75, 3.05) is 31.1 Å². The molecule has 7 nitrogen and oxygen atoms in total. The van der Waals surface area contributed by atoms with Crippen molar-refractivity contribution in [3.8, 4) is 0 Å². The first-order chi connectivity index (χ1) is 10.6. The van der Waals surface area contributed by atoms with Crippen LogP contribution in [0, 0.1) is 0 Å². The number of carbonyl (C=O) groups excluding carboxylic acids is 1. The molecule has 1 amide bonds. The highest BCUT2D eigenvalue weighted by molar-refractivity contribution is 9.10. The van der Waals surface area contributed by atoms with Crippen molar-refractivity contribution in [1.82, 2.24) is 14.7 Å². The van der Waals surface area contributed by atoms with Crippen LogP contribution in [-0.2, 0) is 7.05 Å². The van der Waals surface area contributed by atoms with Crippen molar-refractivity contribution in [2.45, 2.75) is 0 Å². The van der Waals surface area contributed by atoms with Crippen molar-refractivity contribution >= 4 is 27.5 Å². The molecule has 1 aliphatic rings. The Hall–Kier alpha value is -2.09. The summed E-state index contributed by atoms with van der Waals surface area (Å²) in [6, 6.07) is 1.66. The zero-order chi connectivity index (χ0) is 15.7. The maximum absolute atomic E-state index is 12.2. The quantitative estimate of drug-likeness (QED) is 0.795. The Morgan fingerprint density at radius 1 is 1.32 bits per heavy atom. The number of amides is 1. The number of rotatable bonds is 2. The Morgan fingerprint density at radius 3 is 2.68 bits per heavy atom. The molecule has 0 spiro atoms. The zero-order valence-electron chi connectivity index (χ0n) is 12.0. The van der Waals surface area contributed by atoms with Gasteiger partial charge < -0.3 is 14.2 Å². The van der Waals surface area contributed by atoms with Gasteiger partial charge in [0.1, 0.15) is 10.7 Å². The third kappa shape index (κ3) is 2.66. The van der Waals surface area contributed by atoms with Gasteiger partial charge in [-0.15, -0.1) is 0 Å². The summed E-state index contributed by atoms with van der Waals surface area (Å²) in [7, 11) is 1.61. The highest BCUT2D eigenvalue weighted by Gasteiger charge is 2.24. The van der Waals surface area contributed by atoms with Gasteiger partial charge in [-0.3, -0.25) is 9.59 Å². The van der Waals surface area contributed by atoms with Gasteiger partial charge in [-0.2, -0.15) is 5.10 Å². The van der Waals surface area contributed by atoms with Gasteiger partial charge in [-0.25, -0.2) is 4.68 Å². The fraction of sp³-hybridized carbons (Fsp3) is 0.357. The number of carbonyl (C=O) groups is 1. The van der Waals surface area contributed by atoms with Crippen LogP contribution in [0.3, 0.4) is 0 Å². The van der Waals surface area contributed by atoms with E-state index in [2.05, 4.69) is 25.9 Å². The molecule has 8 heteroatoms. The summed E-state index contributed by atoms with van der Waals surface area (Å²) in [4.78, 5) is 28.0. The minimum Gasteiger partial charge on any atom is -0.472 e. The van der Waals surface area contributed by atoms with Crippen LogP contribution >= 0.6 is 15.9 Å². The molecule has 3 rings (SSSR count). The summed E-state index contributed by atoms with van der Waals surface area (Å²) < 4.78 is 6.73. The first kappa shape index (κ1) is 14.8. The number of nitrogens with zero attached hydrogens (tertiary/aromatic N) is 4. The van der Waals surface area contributed by atoms with Crippen LogP contribution in [0.4, 0.5) is 5.69 Å². The fourth-order valence-corrected chi connectivity index (χ4v) is 3.05. The molecule has 1 fully saturated rings. The van der Waals surface area contributed by atoms with E-state index in [-0.39, 0.29) is 11.5 Å². The molecule has 3 heterocycles. The Labute approximate surface area is 135 Å². The third-order valence-corrected chi connectivity index (χ3v) is 4.48. The average molecular weight is 367 g/mol. The van der Waals surface area contributed by atoms with E-state index >= 15 is 0 Å². The van der Waals surface area contributed by atoms with Gasteiger partial charge in [0.05, 0.1) is 23.7 Å². The van der Waals surface area contributed by atoms with E-state index in [0.29, 0.717) is 36.2 Å². The van der Waals surface area contributed by atoms with Crippen LogP contribution in [0.15, 0.2) is 38.5 Å². The van der Waals surface area contributed by atoms with E-state index in [0.717, 1.165) is 5.69 Å². The van der Waals surface area contributed by atoms with Crippen LogP contribution in [0.2, 0.25) is 0 Å². The van der Waals surface area contributed by atoms with Crippen molar-refractivity contribution < 1.29 is 9.21 Å². The Bertz CT molecular complexity index is 733. The van der Waals surface area contributed by atoms with Gasteiger partial charge in [0.25, 0.3) is 11.5 Å². The van der Waals surface area contributed by atoms with Gasteiger partial charge in [0.15, 0.2) is 0 Å². The van der Waals surface area contributed by atoms with E-state index in [9.17, 15) is 9.59 Å². The lowest BCUT2D eigenvalue weighted by Gasteiger charge is -2.36. The Balaban J connectivity index is 1.71. The van der Waals surface area contributed by atoms with Gasteiger partial charge in [-0.05, 0) is 22.0 Å². The summed E-state index contributed by atoms with van der Waals surface area (Å²) >= 11 is 3.33. The number of anilines is 1. The predicted molar refractivity (Wildman–Crippen MR) is 84.0 cm³/mol. The second kappa shape index (κ2) is 5.96. The minimum absolute atomic E-state index is 0.0328. The van der Waals surface area contributed by atoms with E-state index in [1.54, 1.807) is 24.2 Å². The summed E-state index contributed by atoms with van der Waals surface area (Å²) in [6.45, 7) is 2.48. The molecule has 22 heavy (non-hydrogen) atoms. The number of hydrogen-bond donors (Lipinski definition) is 0. The minimum atomic E-state index is -0.172. The zero-order valence-corrected chi connectivity index (χ0v) is 13.6. The third-order valence-electron chi connectivity index (χ3n) is 3.74. The topological polar surface area (TPSA) is 71.6 Å². The van der Waals surface area contributed by atoms with Gasteiger partial charge in [0, 0.05) is 33.2 Å². The number of furan rings is 1. The number of piperazine rings is 1. The molecule has 116 valence electrons. The van der Waals surface area contributed by atoms with Crippen LogP contribution in [0.1, 0.15) is 10.4 Å². The molecular formula is C14H15BrN4O3. The molecule has 0 aliphatic carbocycles. The molecule has 0 unspecified atom stereocenters. The second-order valence-corrected chi connectivity index (χ2v) is 5.86. The van der Waals surface area contributed by atoms with E-state index < -0.39 is 0 Å². The number of halogens is 1. The summed E-state index contributed by atoms with van der Waals surface area (Å²) in [5.41, 5.74) is 1.15. The standard InChI is InChI=1S/C14H15BrN4O3/c1-17-14(21)12(15)11(8-16-17)18-3-5-19(6-4-18)13(20)10-2-7-22-9-10/h2,7-9H,3-6H2,1H3. The van der Waals surface area contributed by atoms with Crippen molar-refractivity contribution in [2.24, 2.45) is 7.05 Å². The number of hydrogen-bond acceptors (Lipinski definition) is 5. The predicted octanol–water partition coefficient (Wildman–Crippen LogP) is 1.10. The number of aromatic nitrogens is 2. The molecule has 0 N–H and O–H groups in total. The Kier molecular flexibility index (Phi) is 4.02. The van der Waals surface area contributed by atoms with E-state index in [1.807, 2.05) is 0 Å². The summed E-state index contributed by atoms with van der Waals surface area (Å²) in [5.74, 6) is -0.0328. The lowest BCUT2D eigenvalue weighted by molar-refractivity contribution is 0.0746. The normalized spacial score (nSPS) is 15.2.